The Kier molecular flexibility index (Phi) is 35.4. The third kappa shape index (κ3) is 29.4. The van der Waals surface area contributed by atoms with Crippen LogP contribution >= 0.6 is 35.7 Å². The molecule has 0 spiro atoms. The van der Waals surface area contributed by atoms with Crippen LogP contribution in [0, 0.1) is 11.3 Å². The van der Waals surface area contributed by atoms with Gasteiger partial charge in [0.2, 0.25) is 5.91 Å². The van der Waals surface area contributed by atoms with E-state index in [1.165, 1.54) is 11.8 Å². The van der Waals surface area contributed by atoms with E-state index in [1.54, 1.807) is 11.8 Å². The van der Waals surface area contributed by atoms with Crippen LogP contribution in [0.5, 0.6) is 0 Å². The third-order valence-electron chi connectivity index (χ3n) is 6.84. The first kappa shape index (κ1) is 52.5. The van der Waals surface area contributed by atoms with Crippen LogP contribution in [0.4, 0.5) is 0 Å². The summed E-state index contributed by atoms with van der Waals surface area (Å²) in [7, 11) is 0. The SMILES string of the molecule is C=C(C)CCOC(C)(C)CCNC(=O)CCC(C)(C#N)SC(=S)SCC.CC.CC.OCNCCCCCOC1CC(O)C(O)C(CO)O1. The molecule has 0 saturated carbocycles. The monoisotopic (exact) mass is 755 g/mol. The highest BCUT2D eigenvalue weighted by Gasteiger charge is 2.36. The van der Waals surface area contributed by atoms with Gasteiger partial charge < -0.3 is 40.0 Å². The lowest BCUT2D eigenvalue weighted by molar-refractivity contribution is -0.256. The van der Waals surface area contributed by atoms with E-state index in [1.807, 2.05) is 62.3 Å². The van der Waals surface area contributed by atoms with Crippen LogP contribution < -0.4 is 10.6 Å². The number of unbranched alkanes of at least 4 members (excludes halogenated alkanes) is 2. The van der Waals surface area contributed by atoms with Crippen LogP contribution in [-0.4, -0.2) is 110 Å². The summed E-state index contributed by atoms with van der Waals surface area (Å²) in [5.41, 5.74) is 0.813. The normalized spacial score (nSPS) is 19.7. The summed E-state index contributed by atoms with van der Waals surface area (Å²) < 4.78 is 16.7. The number of aliphatic hydroxyl groups is 4. The number of aliphatic hydroxyl groups excluding tert-OH is 4. The molecule has 5 unspecified atom stereocenters. The van der Waals surface area contributed by atoms with E-state index < -0.39 is 29.3 Å². The first-order chi connectivity index (χ1) is 23.2. The lowest BCUT2D eigenvalue weighted by Gasteiger charge is -2.36. The quantitative estimate of drug-likeness (QED) is 0.0366. The summed E-state index contributed by atoms with van der Waals surface area (Å²) in [5, 5.41) is 51.8. The Morgan fingerprint density at radius 1 is 1.06 bits per heavy atom. The van der Waals surface area contributed by atoms with Gasteiger partial charge >= 0.3 is 0 Å². The lowest BCUT2D eigenvalue weighted by Crippen LogP contribution is -2.50. The lowest BCUT2D eigenvalue weighted by atomic mass is 10.0. The summed E-state index contributed by atoms with van der Waals surface area (Å²) in [5.74, 6) is 0.844. The summed E-state index contributed by atoms with van der Waals surface area (Å²) in [6, 6.07) is 2.29. The van der Waals surface area contributed by atoms with Crippen LogP contribution in [0.2, 0.25) is 0 Å². The molecule has 1 rings (SSSR count). The molecule has 0 aliphatic carbocycles. The average molecular weight is 756 g/mol. The highest BCUT2D eigenvalue weighted by molar-refractivity contribution is 8.47. The minimum Gasteiger partial charge on any atom is -0.394 e. The van der Waals surface area contributed by atoms with Gasteiger partial charge in [-0.25, -0.2) is 0 Å². The minimum atomic E-state index is -1.06. The molecule has 1 saturated heterocycles. The molecule has 0 aromatic heterocycles. The topological polar surface area (TPSA) is 174 Å². The molecule has 1 amide bonds. The molecule has 6 N–H and O–H groups in total. The number of carbonyl (C=O) groups excluding carboxylic acids is 1. The Morgan fingerprint density at radius 3 is 2.27 bits per heavy atom. The number of nitrogens with zero attached hydrogens (tertiary/aromatic N) is 1. The molecule has 14 heteroatoms. The van der Waals surface area contributed by atoms with E-state index in [0.29, 0.717) is 32.6 Å². The largest absolute Gasteiger partial charge is 0.394 e. The number of carbonyl (C=O) groups is 1. The second-order valence-electron chi connectivity index (χ2n) is 11.7. The molecule has 0 radical (unpaired) electrons. The molecule has 11 nitrogen and oxygen atoms in total. The predicted octanol–water partition coefficient (Wildman–Crippen LogP) is 5.68. The zero-order valence-corrected chi connectivity index (χ0v) is 34.2. The molecule has 1 aliphatic heterocycles. The van der Waals surface area contributed by atoms with Gasteiger partial charge in [-0.3, -0.25) is 10.1 Å². The Labute approximate surface area is 311 Å². The van der Waals surface area contributed by atoms with Crippen LogP contribution in [0.1, 0.15) is 114 Å². The molecule has 49 heavy (non-hydrogen) atoms. The second-order valence-corrected chi connectivity index (χ2v) is 15.7. The van der Waals surface area contributed by atoms with Crippen molar-refractivity contribution in [1.29, 1.82) is 5.26 Å². The van der Waals surface area contributed by atoms with E-state index in [9.17, 15) is 20.3 Å². The van der Waals surface area contributed by atoms with Crippen molar-refractivity contribution in [3.63, 3.8) is 0 Å². The van der Waals surface area contributed by atoms with Gasteiger partial charge in [-0.05, 0) is 78.5 Å². The Morgan fingerprint density at radius 2 is 1.71 bits per heavy atom. The van der Waals surface area contributed by atoms with Gasteiger partial charge in [0.15, 0.2) is 6.29 Å². The molecule has 1 aliphatic rings. The Bertz CT molecular complexity index is 895. The van der Waals surface area contributed by atoms with Crippen molar-refractivity contribution < 1.29 is 39.4 Å². The molecule has 5 atom stereocenters. The van der Waals surface area contributed by atoms with E-state index in [2.05, 4.69) is 23.3 Å². The van der Waals surface area contributed by atoms with E-state index >= 15 is 0 Å². The smallest absolute Gasteiger partial charge is 0.220 e. The number of ether oxygens (including phenoxy) is 3. The number of amides is 1. The van der Waals surface area contributed by atoms with E-state index in [-0.39, 0.29) is 31.3 Å². The van der Waals surface area contributed by atoms with E-state index in [0.717, 1.165) is 53.5 Å². The molecule has 1 heterocycles. The Hall–Kier alpha value is -0.830. The Balaban J connectivity index is -0.000000811. The number of thioether (sulfide) groups is 2. The molecule has 0 bridgehead atoms. The molecular weight excluding hydrogens is 687 g/mol. The first-order valence-electron chi connectivity index (χ1n) is 17.6. The summed E-state index contributed by atoms with van der Waals surface area (Å²) in [4.78, 5) is 12.1. The van der Waals surface area contributed by atoms with Crippen molar-refractivity contribution in [3.8, 4) is 6.07 Å². The van der Waals surface area contributed by atoms with Gasteiger partial charge in [0.05, 0.1) is 37.7 Å². The number of nitriles is 1. The number of nitrogens with one attached hydrogen (secondary N) is 2. The van der Waals surface area contributed by atoms with Crippen LogP contribution in [0.15, 0.2) is 12.2 Å². The molecule has 290 valence electrons. The second kappa shape index (κ2) is 33.0. The zero-order chi connectivity index (χ0) is 38.3. The fourth-order valence-corrected chi connectivity index (χ4v) is 6.87. The predicted molar refractivity (Wildman–Crippen MR) is 209 cm³/mol. The third-order valence-corrected chi connectivity index (χ3v) is 9.48. The van der Waals surface area contributed by atoms with Gasteiger partial charge in [0, 0.05) is 26.0 Å². The van der Waals surface area contributed by atoms with E-state index in [4.69, 9.17) is 36.6 Å². The number of hydrogen-bond acceptors (Lipinski definition) is 13. The highest BCUT2D eigenvalue weighted by Crippen LogP contribution is 2.34. The van der Waals surface area contributed by atoms with Gasteiger partial charge in [0.25, 0.3) is 0 Å². The summed E-state index contributed by atoms with van der Waals surface area (Å²) in [6.45, 7) is 23.9. The molecule has 0 aromatic rings. The minimum absolute atomic E-state index is 0.00478. The van der Waals surface area contributed by atoms with Crippen molar-refractivity contribution in [1.82, 2.24) is 10.6 Å². The maximum atomic E-state index is 12.1. The molecular formula is C35H69N3O8S3. The first-order valence-corrected chi connectivity index (χ1v) is 19.8. The van der Waals surface area contributed by atoms with Gasteiger partial charge in [-0.15, -0.1) is 18.3 Å². The van der Waals surface area contributed by atoms with Gasteiger partial charge in [0.1, 0.15) is 20.5 Å². The summed E-state index contributed by atoms with van der Waals surface area (Å²) >= 11 is 8.20. The highest BCUT2D eigenvalue weighted by atomic mass is 32.2. The fourth-order valence-electron chi connectivity index (χ4n) is 3.97. The maximum absolute atomic E-state index is 12.1. The molecule has 0 aromatic carbocycles. The number of hydrogen-bond donors (Lipinski definition) is 6. The van der Waals surface area contributed by atoms with Crippen molar-refractivity contribution in [2.45, 2.75) is 149 Å². The number of thiocarbonyl (C=S) groups is 1. The van der Waals surface area contributed by atoms with Crippen molar-refractivity contribution in [2.24, 2.45) is 0 Å². The van der Waals surface area contributed by atoms with Gasteiger partial charge in [-0.2, -0.15) is 5.26 Å². The zero-order valence-electron chi connectivity index (χ0n) is 31.7. The van der Waals surface area contributed by atoms with Crippen LogP contribution in [0.25, 0.3) is 0 Å². The van der Waals surface area contributed by atoms with Crippen molar-refractivity contribution in [3.05, 3.63) is 12.2 Å². The van der Waals surface area contributed by atoms with Crippen LogP contribution in [-0.2, 0) is 19.0 Å². The van der Waals surface area contributed by atoms with Gasteiger partial charge in [-0.1, -0.05) is 64.2 Å². The van der Waals surface area contributed by atoms with Crippen LogP contribution in [0.3, 0.4) is 0 Å². The maximum Gasteiger partial charge on any atom is 0.220 e. The molecule has 1 fully saturated rings. The standard InChI is InChI=1S/C19H32N2O2S3.C12H25NO6.2C2H6/c1-7-25-17(24)26-19(6,14-20)10-8-16(22)21-12-11-18(4,5)23-13-9-15(2)3;14-7-10-12(17)9(16)6-11(19-10)18-5-3-1-2-4-13-8-15;2*1-2/h2,7-13H2,1,3-6H3,(H,21,22);9-17H,1-8H2;2*1-2H3. The van der Waals surface area contributed by atoms with Crippen molar-refractivity contribution in [2.75, 3.05) is 45.4 Å². The van der Waals surface area contributed by atoms with Crippen molar-refractivity contribution >= 4 is 45.2 Å². The fraction of sp³-hybridized carbons (Fsp3) is 0.857. The summed E-state index contributed by atoms with van der Waals surface area (Å²) in [6.07, 6.45) is 2.00. The average Bonchev–Trinajstić information content (AvgIpc) is 3.06. The number of rotatable bonds is 21.